The van der Waals surface area contributed by atoms with E-state index < -0.39 is 77.0 Å². The van der Waals surface area contributed by atoms with Crippen LogP contribution < -0.4 is 0 Å². The number of esters is 1. The van der Waals surface area contributed by atoms with Crippen LogP contribution >= 0.6 is 0 Å². The zero-order valence-corrected chi connectivity index (χ0v) is 20.9. The van der Waals surface area contributed by atoms with Gasteiger partial charge in [0.15, 0.2) is 5.60 Å². The fraction of sp³-hybridized carbons (Fsp3) is 0.667. The van der Waals surface area contributed by atoms with E-state index in [9.17, 15) is 40.5 Å². The van der Waals surface area contributed by atoms with E-state index in [1.54, 1.807) is 39.0 Å². The molecule has 1 aromatic rings. The smallest absolute Gasteiger partial charge is 0.338 e. The summed E-state index contributed by atoms with van der Waals surface area (Å²) in [6.45, 7) is 7.88. The first-order chi connectivity index (χ1) is 16.6. The molecule has 7 N–H and O–H groups in total. The molecule has 3 aliphatic rings. The monoisotopic (exact) mass is 506 g/mol. The summed E-state index contributed by atoms with van der Waals surface area (Å²) in [5.74, 6) is -4.51. The van der Waals surface area contributed by atoms with Crippen LogP contribution in [0.25, 0.3) is 0 Å². The Hall–Kier alpha value is -1.85. The fourth-order valence-corrected chi connectivity index (χ4v) is 7.14. The second-order valence-corrected chi connectivity index (χ2v) is 11.5. The summed E-state index contributed by atoms with van der Waals surface area (Å²) in [6.07, 6.45) is -5.72. The number of fused-ring (bicyclic) bond motifs is 3. The molecule has 4 rings (SSSR count). The maximum absolute atomic E-state index is 12.6. The van der Waals surface area contributed by atoms with Crippen LogP contribution in [0, 0.1) is 23.7 Å². The second kappa shape index (κ2) is 8.87. The molecule has 11 atom stereocenters. The highest BCUT2D eigenvalue weighted by Crippen LogP contribution is 2.61. The van der Waals surface area contributed by atoms with Crippen molar-refractivity contribution in [3.05, 3.63) is 48.0 Å². The molecule has 9 heteroatoms. The van der Waals surface area contributed by atoms with Crippen LogP contribution in [0.3, 0.4) is 0 Å². The van der Waals surface area contributed by atoms with Gasteiger partial charge in [0.1, 0.15) is 18.3 Å². The Morgan fingerprint density at radius 2 is 1.61 bits per heavy atom. The summed E-state index contributed by atoms with van der Waals surface area (Å²) >= 11 is 0. The van der Waals surface area contributed by atoms with Gasteiger partial charge < -0.3 is 40.5 Å². The Bertz CT molecular complexity index is 1020. The molecular formula is C27H38O9. The molecule has 200 valence electrons. The molecule has 3 saturated carbocycles. The van der Waals surface area contributed by atoms with Gasteiger partial charge in [-0.25, -0.2) is 4.79 Å². The molecule has 3 fully saturated rings. The number of carbonyl (C=O) groups excluding carboxylic acids is 1. The topological polar surface area (TPSA) is 168 Å². The number of rotatable bonds is 4. The third-order valence-corrected chi connectivity index (χ3v) is 9.36. The minimum atomic E-state index is -2.68. The number of aliphatic hydroxyl groups excluding tert-OH is 3. The molecule has 0 amide bonds. The van der Waals surface area contributed by atoms with Gasteiger partial charge in [-0.3, -0.25) is 0 Å². The minimum absolute atomic E-state index is 0.0661. The summed E-state index contributed by atoms with van der Waals surface area (Å²) in [5.41, 5.74) is -7.90. The lowest BCUT2D eigenvalue weighted by molar-refractivity contribution is -0.247. The first kappa shape index (κ1) is 27.2. The Balaban J connectivity index is 1.81. The Kier molecular flexibility index (Phi) is 6.70. The lowest BCUT2D eigenvalue weighted by atomic mass is 9.55. The first-order valence-corrected chi connectivity index (χ1v) is 12.5. The molecule has 36 heavy (non-hydrogen) atoms. The predicted molar refractivity (Wildman–Crippen MR) is 129 cm³/mol. The number of hydrogen-bond donors (Lipinski definition) is 7. The highest BCUT2D eigenvalue weighted by molar-refractivity contribution is 5.89. The maximum atomic E-state index is 12.6. The van der Waals surface area contributed by atoms with Gasteiger partial charge in [0.2, 0.25) is 0 Å². The van der Waals surface area contributed by atoms with E-state index in [4.69, 9.17) is 4.74 Å². The molecule has 9 nitrogen and oxygen atoms in total. The summed E-state index contributed by atoms with van der Waals surface area (Å²) < 4.78 is 5.30. The van der Waals surface area contributed by atoms with E-state index in [1.807, 2.05) is 0 Å². The number of benzene rings is 1. The van der Waals surface area contributed by atoms with E-state index in [0.29, 0.717) is 5.57 Å². The van der Waals surface area contributed by atoms with Crippen molar-refractivity contribution in [2.75, 3.05) is 6.61 Å². The van der Waals surface area contributed by atoms with Crippen LogP contribution in [0.2, 0.25) is 0 Å². The number of carbonyl (C=O) groups is 1. The van der Waals surface area contributed by atoms with Crippen molar-refractivity contribution in [1.29, 1.82) is 0 Å². The van der Waals surface area contributed by atoms with Crippen molar-refractivity contribution in [2.45, 2.75) is 80.7 Å². The number of hydrogen-bond acceptors (Lipinski definition) is 9. The van der Waals surface area contributed by atoms with Crippen LogP contribution in [-0.4, -0.2) is 89.0 Å². The van der Waals surface area contributed by atoms with Gasteiger partial charge in [0.05, 0.1) is 29.0 Å². The van der Waals surface area contributed by atoms with Gasteiger partial charge in [0.25, 0.3) is 0 Å². The summed E-state index contributed by atoms with van der Waals surface area (Å²) in [4.78, 5) is 12.6. The van der Waals surface area contributed by atoms with Crippen molar-refractivity contribution < 1.29 is 45.3 Å². The maximum Gasteiger partial charge on any atom is 0.338 e. The van der Waals surface area contributed by atoms with Gasteiger partial charge in [-0.05, 0) is 55.7 Å². The summed E-state index contributed by atoms with van der Waals surface area (Å²) in [7, 11) is 0. The van der Waals surface area contributed by atoms with E-state index in [-0.39, 0.29) is 24.8 Å². The summed E-state index contributed by atoms with van der Waals surface area (Å²) in [5, 5.41) is 81.2. The Labute approximate surface area is 210 Å². The quantitative estimate of drug-likeness (QED) is 0.222. The third kappa shape index (κ3) is 3.67. The Morgan fingerprint density at radius 3 is 2.19 bits per heavy atom. The van der Waals surface area contributed by atoms with Gasteiger partial charge in [-0.15, -0.1) is 0 Å². The molecular weight excluding hydrogens is 468 g/mol. The van der Waals surface area contributed by atoms with Crippen LogP contribution in [0.5, 0.6) is 0 Å². The van der Waals surface area contributed by atoms with Crippen molar-refractivity contribution in [3.8, 4) is 0 Å². The van der Waals surface area contributed by atoms with E-state index >= 15 is 0 Å². The van der Waals surface area contributed by atoms with Crippen LogP contribution in [0.1, 0.15) is 50.4 Å². The molecule has 0 spiro atoms. The average molecular weight is 507 g/mol. The van der Waals surface area contributed by atoms with Crippen LogP contribution in [0.15, 0.2) is 42.5 Å². The third-order valence-electron chi connectivity index (χ3n) is 9.36. The van der Waals surface area contributed by atoms with Gasteiger partial charge in [-0.1, -0.05) is 38.6 Å². The molecule has 0 heterocycles. The van der Waals surface area contributed by atoms with E-state index in [2.05, 4.69) is 6.58 Å². The normalized spacial score (nSPS) is 48.4. The molecule has 0 aromatic heterocycles. The van der Waals surface area contributed by atoms with Gasteiger partial charge >= 0.3 is 5.97 Å². The van der Waals surface area contributed by atoms with Crippen molar-refractivity contribution in [1.82, 2.24) is 0 Å². The average Bonchev–Trinajstić information content (AvgIpc) is 3.07. The molecule has 1 aromatic carbocycles. The molecule has 2 unspecified atom stereocenters. The molecule has 0 radical (unpaired) electrons. The fourth-order valence-electron chi connectivity index (χ4n) is 7.14. The number of aliphatic hydroxyl groups is 7. The second-order valence-electron chi connectivity index (χ2n) is 11.5. The highest BCUT2D eigenvalue weighted by atomic mass is 16.5. The molecule has 3 aliphatic carbocycles. The largest absolute Gasteiger partial charge is 0.459 e. The van der Waals surface area contributed by atoms with Crippen molar-refractivity contribution in [3.63, 3.8) is 0 Å². The lowest BCUT2D eigenvalue weighted by Gasteiger charge is -2.55. The zero-order valence-electron chi connectivity index (χ0n) is 20.9. The van der Waals surface area contributed by atoms with Crippen molar-refractivity contribution in [2.24, 2.45) is 23.7 Å². The van der Waals surface area contributed by atoms with E-state index in [0.717, 1.165) is 0 Å². The first-order valence-electron chi connectivity index (χ1n) is 12.5. The minimum Gasteiger partial charge on any atom is -0.459 e. The molecule has 0 bridgehead atoms. The number of ether oxygens (including phenoxy) is 1. The summed E-state index contributed by atoms with van der Waals surface area (Å²) in [6, 6.07) is 7.92. The highest BCUT2D eigenvalue weighted by Gasteiger charge is 2.75. The lowest BCUT2D eigenvalue weighted by Crippen LogP contribution is -2.67. The van der Waals surface area contributed by atoms with Gasteiger partial charge in [-0.2, -0.15) is 0 Å². The van der Waals surface area contributed by atoms with Crippen LogP contribution in [-0.2, 0) is 4.74 Å². The standard InChI is InChI=1S/C27H38O9/c1-14(2)24(32)11-16(4)26(34)18(12-24)21(29)25(33,13-36-22(30)17-8-6-5-7-9-17)23(31)27(35)19(26)10-15(3)20(27)28/h5-9,15-16,18-21,23,28-29,31-35H,1,10-13H2,2-4H3/t15-,16+,18?,19?,20-,21-,23+,24-,25-,26+,27+/m0/s1. The predicted octanol–water partition coefficient (Wildman–Crippen LogP) is 0.142. The zero-order chi connectivity index (χ0) is 26.8. The molecule has 0 aliphatic heterocycles. The SMILES string of the molecule is C=C(C)[C@@]1(O)CC2[C@H](O)[C@@](O)(COC(=O)c3ccccc3)[C@@H](O)[C@@]3(O)C(C[C@H](C)[C@@H]3O)[C@@]2(O)[C@H](C)C1. The molecule has 0 saturated heterocycles. The Morgan fingerprint density at radius 1 is 1.00 bits per heavy atom. The van der Waals surface area contributed by atoms with Crippen LogP contribution in [0.4, 0.5) is 0 Å². The van der Waals surface area contributed by atoms with Gasteiger partial charge in [0, 0.05) is 11.8 Å². The van der Waals surface area contributed by atoms with Crippen molar-refractivity contribution >= 4 is 5.97 Å². The van der Waals surface area contributed by atoms with E-state index in [1.165, 1.54) is 12.1 Å².